The zero-order chi connectivity index (χ0) is 12.8. The molecule has 18 heavy (non-hydrogen) atoms. The summed E-state index contributed by atoms with van der Waals surface area (Å²) in [6.45, 7) is 2.01. The number of aliphatic hydroxyl groups is 1. The van der Waals surface area contributed by atoms with E-state index in [0.29, 0.717) is 0 Å². The third-order valence-corrected chi connectivity index (χ3v) is 2.93. The lowest BCUT2D eigenvalue weighted by atomic mass is 10.0. The summed E-state index contributed by atoms with van der Waals surface area (Å²) < 4.78 is 5.83. The zero-order valence-electron chi connectivity index (χ0n) is 10.5. The predicted octanol–water partition coefficient (Wildman–Crippen LogP) is 3.58. The van der Waals surface area contributed by atoms with Gasteiger partial charge in [-0.15, -0.1) is 0 Å². The summed E-state index contributed by atoms with van der Waals surface area (Å²) >= 11 is 0. The SMILES string of the molecule is CCC(Oc1ccccc1)C(O)c1ccccc1. The lowest BCUT2D eigenvalue weighted by molar-refractivity contribution is 0.0332. The molecule has 0 fully saturated rings. The highest BCUT2D eigenvalue weighted by Gasteiger charge is 2.20. The molecule has 1 N–H and O–H groups in total. The Labute approximate surface area is 108 Å². The molecule has 2 rings (SSSR count). The Balaban J connectivity index is 2.09. The van der Waals surface area contributed by atoms with Crippen molar-refractivity contribution in [2.24, 2.45) is 0 Å². The third-order valence-electron chi connectivity index (χ3n) is 2.93. The predicted molar refractivity (Wildman–Crippen MR) is 72.6 cm³/mol. The van der Waals surface area contributed by atoms with Crippen LogP contribution < -0.4 is 4.74 Å². The molecule has 0 amide bonds. The van der Waals surface area contributed by atoms with Gasteiger partial charge in [-0.2, -0.15) is 0 Å². The lowest BCUT2D eigenvalue weighted by Gasteiger charge is -2.23. The molecule has 94 valence electrons. The molecule has 2 atom stereocenters. The van der Waals surface area contributed by atoms with E-state index in [1.54, 1.807) is 0 Å². The number of aliphatic hydroxyl groups excluding tert-OH is 1. The van der Waals surface area contributed by atoms with Crippen molar-refractivity contribution in [1.82, 2.24) is 0 Å². The Bertz CT molecular complexity index is 453. The van der Waals surface area contributed by atoms with E-state index in [4.69, 9.17) is 4.74 Å². The topological polar surface area (TPSA) is 29.5 Å². The molecule has 0 spiro atoms. The highest BCUT2D eigenvalue weighted by atomic mass is 16.5. The van der Waals surface area contributed by atoms with Crippen LogP contribution in [-0.4, -0.2) is 11.2 Å². The van der Waals surface area contributed by atoms with Gasteiger partial charge in [-0.25, -0.2) is 0 Å². The number of hydrogen-bond donors (Lipinski definition) is 1. The smallest absolute Gasteiger partial charge is 0.128 e. The number of benzene rings is 2. The zero-order valence-corrected chi connectivity index (χ0v) is 10.5. The van der Waals surface area contributed by atoms with E-state index in [-0.39, 0.29) is 6.10 Å². The average molecular weight is 242 g/mol. The van der Waals surface area contributed by atoms with Gasteiger partial charge in [0.2, 0.25) is 0 Å². The van der Waals surface area contributed by atoms with E-state index in [1.807, 2.05) is 67.6 Å². The molecule has 0 saturated heterocycles. The summed E-state index contributed by atoms with van der Waals surface area (Å²) in [7, 11) is 0. The Morgan fingerprint density at radius 1 is 0.944 bits per heavy atom. The van der Waals surface area contributed by atoms with Crippen LogP contribution in [0, 0.1) is 0 Å². The minimum atomic E-state index is -0.601. The van der Waals surface area contributed by atoms with Crippen LogP contribution in [-0.2, 0) is 0 Å². The van der Waals surface area contributed by atoms with E-state index in [0.717, 1.165) is 17.7 Å². The third kappa shape index (κ3) is 3.11. The number of ether oxygens (including phenoxy) is 1. The lowest BCUT2D eigenvalue weighted by Crippen LogP contribution is -2.24. The standard InChI is InChI=1S/C16H18O2/c1-2-15(18-14-11-7-4-8-12-14)16(17)13-9-5-3-6-10-13/h3-12,15-17H,2H2,1H3. The highest BCUT2D eigenvalue weighted by molar-refractivity contribution is 5.23. The minimum absolute atomic E-state index is 0.227. The largest absolute Gasteiger partial charge is 0.487 e. The van der Waals surface area contributed by atoms with Gasteiger partial charge >= 0.3 is 0 Å². The van der Waals surface area contributed by atoms with Gasteiger partial charge in [-0.05, 0) is 24.1 Å². The Hall–Kier alpha value is -1.80. The molecule has 0 saturated carbocycles. The Kier molecular flexibility index (Phi) is 4.37. The van der Waals surface area contributed by atoms with Gasteiger partial charge in [-0.3, -0.25) is 0 Å². The van der Waals surface area contributed by atoms with Gasteiger partial charge in [0.15, 0.2) is 0 Å². The fourth-order valence-electron chi connectivity index (χ4n) is 1.91. The van der Waals surface area contributed by atoms with Crippen molar-refractivity contribution >= 4 is 0 Å². The van der Waals surface area contributed by atoms with Gasteiger partial charge in [-0.1, -0.05) is 55.5 Å². The first kappa shape index (κ1) is 12.7. The van der Waals surface area contributed by atoms with Crippen LogP contribution in [0.15, 0.2) is 60.7 Å². The van der Waals surface area contributed by atoms with Crippen LogP contribution in [0.25, 0.3) is 0 Å². The van der Waals surface area contributed by atoms with E-state index < -0.39 is 6.10 Å². The summed E-state index contributed by atoms with van der Waals surface area (Å²) in [4.78, 5) is 0. The molecule has 0 aromatic heterocycles. The molecule has 2 heteroatoms. The second-order valence-electron chi connectivity index (χ2n) is 4.23. The summed E-state index contributed by atoms with van der Waals surface area (Å²) in [5.41, 5.74) is 0.889. The Morgan fingerprint density at radius 3 is 2.06 bits per heavy atom. The first-order chi connectivity index (χ1) is 8.81. The van der Waals surface area contributed by atoms with Gasteiger partial charge in [0.25, 0.3) is 0 Å². The maximum Gasteiger partial charge on any atom is 0.128 e. The molecule has 0 radical (unpaired) electrons. The van der Waals surface area contributed by atoms with Crippen molar-refractivity contribution in [2.75, 3.05) is 0 Å². The molecule has 2 aromatic carbocycles. The summed E-state index contributed by atoms with van der Waals surface area (Å²) in [5.74, 6) is 0.791. The molecular weight excluding hydrogens is 224 g/mol. The monoisotopic (exact) mass is 242 g/mol. The molecule has 0 heterocycles. The van der Waals surface area contributed by atoms with E-state index in [2.05, 4.69) is 0 Å². The second kappa shape index (κ2) is 6.22. The fraction of sp³-hybridized carbons (Fsp3) is 0.250. The first-order valence-electron chi connectivity index (χ1n) is 6.26. The van der Waals surface area contributed by atoms with E-state index in [9.17, 15) is 5.11 Å². The number of hydrogen-bond acceptors (Lipinski definition) is 2. The first-order valence-corrected chi connectivity index (χ1v) is 6.26. The van der Waals surface area contributed by atoms with Crippen LogP contribution in [0.5, 0.6) is 5.75 Å². The van der Waals surface area contributed by atoms with Crippen LogP contribution >= 0.6 is 0 Å². The maximum atomic E-state index is 10.3. The van der Waals surface area contributed by atoms with Crippen molar-refractivity contribution in [3.63, 3.8) is 0 Å². The molecule has 0 aliphatic heterocycles. The molecule has 2 nitrogen and oxygen atoms in total. The highest BCUT2D eigenvalue weighted by Crippen LogP contribution is 2.23. The van der Waals surface area contributed by atoms with E-state index >= 15 is 0 Å². The summed E-state index contributed by atoms with van der Waals surface area (Å²) in [6.07, 6.45) is -0.0727. The van der Waals surface area contributed by atoms with Gasteiger partial charge in [0.1, 0.15) is 18.0 Å². The molecule has 0 bridgehead atoms. The van der Waals surface area contributed by atoms with E-state index in [1.165, 1.54) is 0 Å². The van der Waals surface area contributed by atoms with Crippen molar-refractivity contribution < 1.29 is 9.84 Å². The average Bonchev–Trinajstić information content (AvgIpc) is 2.46. The van der Waals surface area contributed by atoms with Crippen LogP contribution in [0.3, 0.4) is 0 Å². The van der Waals surface area contributed by atoms with Crippen molar-refractivity contribution in [1.29, 1.82) is 0 Å². The van der Waals surface area contributed by atoms with Gasteiger partial charge in [0.05, 0.1) is 0 Å². The van der Waals surface area contributed by atoms with Gasteiger partial charge in [0, 0.05) is 0 Å². The molecule has 0 aliphatic carbocycles. The second-order valence-corrected chi connectivity index (χ2v) is 4.23. The molecule has 2 unspecified atom stereocenters. The molecule has 2 aromatic rings. The fourth-order valence-corrected chi connectivity index (χ4v) is 1.91. The normalized spacial score (nSPS) is 13.9. The van der Waals surface area contributed by atoms with Crippen molar-refractivity contribution in [3.8, 4) is 5.75 Å². The molecule has 0 aliphatic rings. The quantitative estimate of drug-likeness (QED) is 0.868. The van der Waals surface area contributed by atoms with Crippen LogP contribution in [0.4, 0.5) is 0 Å². The molecular formula is C16H18O2. The van der Waals surface area contributed by atoms with Gasteiger partial charge < -0.3 is 9.84 Å². The summed E-state index contributed by atoms with van der Waals surface area (Å²) in [6, 6.07) is 19.2. The number of rotatable bonds is 5. The Morgan fingerprint density at radius 2 is 1.50 bits per heavy atom. The van der Waals surface area contributed by atoms with Crippen LogP contribution in [0.1, 0.15) is 25.0 Å². The number of para-hydroxylation sites is 1. The van der Waals surface area contributed by atoms with Crippen molar-refractivity contribution in [2.45, 2.75) is 25.6 Å². The summed E-state index contributed by atoms with van der Waals surface area (Å²) in [5, 5.41) is 10.3. The maximum absolute atomic E-state index is 10.3. The van der Waals surface area contributed by atoms with Crippen LogP contribution in [0.2, 0.25) is 0 Å². The minimum Gasteiger partial charge on any atom is -0.487 e. The van der Waals surface area contributed by atoms with Crippen molar-refractivity contribution in [3.05, 3.63) is 66.2 Å².